The van der Waals surface area contributed by atoms with E-state index in [1.165, 1.54) is 54.8 Å². The van der Waals surface area contributed by atoms with E-state index in [0.717, 1.165) is 22.5 Å². The summed E-state index contributed by atoms with van der Waals surface area (Å²) >= 11 is 0. The van der Waals surface area contributed by atoms with E-state index in [4.69, 9.17) is 4.98 Å². The molecule has 0 N–H and O–H groups in total. The van der Waals surface area contributed by atoms with Crippen LogP contribution in [0.1, 0.15) is 57.2 Å². The van der Waals surface area contributed by atoms with Crippen LogP contribution in [0.15, 0.2) is 109 Å². The molecule has 0 spiro atoms. The Labute approximate surface area is 285 Å². The van der Waals surface area contributed by atoms with Crippen molar-refractivity contribution in [3.8, 4) is 22.5 Å². The molecule has 0 amide bonds. The number of fused-ring (bicyclic) bond motifs is 6. The van der Waals surface area contributed by atoms with Gasteiger partial charge < -0.3 is 14.4 Å². The topological polar surface area (TPSA) is 30.2 Å². The molecule has 0 bridgehead atoms. The van der Waals surface area contributed by atoms with E-state index in [2.05, 4.69) is 123 Å². The zero-order valence-corrected chi connectivity index (χ0v) is 29.5. The minimum Gasteiger partial charge on any atom is -0.350 e. The Balaban J connectivity index is 0.000000223. The average molecular weight is 776 g/mol. The van der Waals surface area contributed by atoms with E-state index in [-0.39, 0.29) is 25.5 Å². The second-order valence-electron chi connectivity index (χ2n) is 13.3. The van der Waals surface area contributed by atoms with E-state index >= 15 is 0 Å². The molecule has 0 aliphatic heterocycles. The molecule has 8 rings (SSSR count). The van der Waals surface area contributed by atoms with Crippen molar-refractivity contribution in [2.45, 2.75) is 52.9 Å². The molecule has 0 saturated carbocycles. The molecule has 46 heavy (non-hydrogen) atoms. The van der Waals surface area contributed by atoms with Crippen LogP contribution in [0.4, 0.5) is 0 Å². The number of benzene rings is 4. The van der Waals surface area contributed by atoms with Crippen molar-refractivity contribution in [1.82, 2.24) is 14.4 Å². The largest absolute Gasteiger partial charge is 0.350 e. The molecule has 1 radical (unpaired) electrons. The average Bonchev–Trinajstić information content (AvgIpc) is 3.57. The minimum atomic E-state index is 0. The smallest absolute Gasteiger partial charge is 0.0516 e. The summed E-state index contributed by atoms with van der Waals surface area (Å²) in [6.45, 7) is 13.3. The standard InChI is InChI=1S/C30H27N2.C12H10N.Ir/c1-18(2)20-10-12-26(31-17-20)19-11-13-28-23(14-19)25-16-21(30(3,4)5)15-24-22-8-6-7-9-27(22)32(28)29(24)25;1-10-7-8-12(13-9-10)11-5-3-2-4-6-11;/h6-10,12-18H,1-5H3;2-5,7-9H,1H3;/q2*-1;. The van der Waals surface area contributed by atoms with Crippen molar-refractivity contribution >= 4 is 38.1 Å². The first-order valence-corrected chi connectivity index (χ1v) is 15.7. The van der Waals surface area contributed by atoms with Gasteiger partial charge in [0.25, 0.3) is 0 Å². The quantitative estimate of drug-likeness (QED) is 0.167. The number of hydrogen-bond acceptors (Lipinski definition) is 2. The normalized spacial score (nSPS) is 11.7. The SMILES string of the molecule is CC(C)c1ccc(-c2[c-]cc3c(c2)c2cc(C(C)(C)C)cc4c5ccccc5n3c24)nc1.Cc1ccc(-c2[c-]cccc2)nc1.[Ir]. The molecule has 0 aliphatic carbocycles. The van der Waals surface area contributed by atoms with Crippen LogP contribution in [0.25, 0.3) is 60.6 Å². The number of pyridine rings is 2. The van der Waals surface area contributed by atoms with Gasteiger partial charge in [-0.3, -0.25) is 0 Å². The molecule has 0 fully saturated rings. The molecule has 3 nitrogen and oxygen atoms in total. The Bertz CT molecular complexity index is 2260. The molecule has 4 heteroatoms. The minimum absolute atomic E-state index is 0. The molecule has 4 heterocycles. The van der Waals surface area contributed by atoms with Gasteiger partial charge in [0.05, 0.1) is 5.52 Å². The van der Waals surface area contributed by atoms with Crippen LogP contribution >= 0.6 is 0 Å². The van der Waals surface area contributed by atoms with Gasteiger partial charge in [-0.1, -0.05) is 88.5 Å². The summed E-state index contributed by atoms with van der Waals surface area (Å²) < 4.78 is 2.41. The summed E-state index contributed by atoms with van der Waals surface area (Å²) in [5.74, 6) is 0.480. The third-order valence-electron chi connectivity index (χ3n) is 8.72. The first-order chi connectivity index (χ1) is 21.7. The van der Waals surface area contributed by atoms with Crippen LogP contribution in [-0.2, 0) is 25.5 Å². The summed E-state index contributed by atoms with van der Waals surface area (Å²) in [6, 6.07) is 40.9. The fraction of sp³-hybridized carbons (Fsp3) is 0.190. The van der Waals surface area contributed by atoms with Gasteiger partial charge in [0, 0.05) is 48.8 Å². The predicted molar refractivity (Wildman–Crippen MR) is 189 cm³/mol. The molecule has 0 aliphatic rings. The third kappa shape index (κ3) is 5.73. The molecular formula is C42H37IrN3-2. The van der Waals surface area contributed by atoms with E-state index < -0.39 is 0 Å². The van der Waals surface area contributed by atoms with Crippen molar-refractivity contribution in [1.29, 1.82) is 0 Å². The molecule has 8 aromatic rings. The third-order valence-corrected chi connectivity index (χ3v) is 8.72. The first kappa shape index (κ1) is 31.6. The number of rotatable bonds is 3. The molecule has 231 valence electrons. The maximum absolute atomic E-state index is 4.75. The van der Waals surface area contributed by atoms with Crippen LogP contribution < -0.4 is 0 Å². The molecular weight excluding hydrogens is 739 g/mol. The monoisotopic (exact) mass is 776 g/mol. The number of nitrogens with zero attached hydrogens (tertiary/aromatic N) is 3. The van der Waals surface area contributed by atoms with Gasteiger partial charge in [-0.2, -0.15) is 0 Å². The van der Waals surface area contributed by atoms with Crippen molar-refractivity contribution in [2.75, 3.05) is 0 Å². The van der Waals surface area contributed by atoms with Gasteiger partial charge in [-0.25, -0.2) is 0 Å². The fourth-order valence-corrected chi connectivity index (χ4v) is 6.10. The second-order valence-corrected chi connectivity index (χ2v) is 13.3. The molecule has 4 aromatic carbocycles. The van der Waals surface area contributed by atoms with Crippen LogP contribution in [0.2, 0.25) is 0 Å². The Morgan fingerprint density at radius 3 is 2.02 bits per heavy atom. The van der Waals surface area contributed by atoms with Gasteiger partial charge in [-0.15, -0.1) is 59.7 Å². The summed E-state index contributed by atoms with van der Waals surface area (Å²) in [7, 11) is 0. The summed E-state index contributed by atoms with van der Waals surface area (Å²) in [4.78, 5) is 9.07. The molecule has 0 atom stereocenters. The number of hydrogen-bond donors (Lipinski definition) is 0. The number of para-hydroxylation sites is 1. The van der Waals surface area contributed by atoms with Gasteiger partial charge in [0.1, 0.15) is 0 Å². The van der Waals surface area contributed by atoms with E-state index in [1.54, 1.807) is 0 Å². The Hall–Kier alpha value is -4.37. The number of aryl methyl sites for hydroxylation is 1. The summed E-state index contributed by atoms with van der Waals surface area (Å²) in [6.07, 6.45) is 3.87. The molecule has 0 saturated heterocycles. The number of aromatic nitrogens is 3. The predicted octanol–water partition coefficient (Wildman–Crippen LogP) is 11.0. The van der Waals surface area contributed by atoms with E-state index in [1.807, 2.05) is 49.6 Å². The van der Waals surface area contributed by atoms with Crippen molar-refractivity contribution < 1.29 is 20.1 Å². The second kappa shape index (κ2) is 12.4. The van der Waals surface area contributed by atoms with Crippen molar-refractivity contribution in [2.24, 2.45) is 0 Å². The zero-order valence-electron chi connectivity index (χ0n) is 27.1. The Morgan fingerprint density at radius 1 is 0.674 bits per heavy atom. The van der Waals surface area contributed by atoms with Crippen molar-refractivity contribution in [3.05, 3.63) is 138 Å². The molecule has 0 unspecified atom stereocenters. The fourth-order valence-electron chi connectivity index (χ4n) is 6.10. The Morgan fingerprint density at radius 2 is 1.37 bits per heavy atom. The van der Waals surface area contributed by atoms with Crippen LogP contribution in [0.3, 0.4) is 0 Å². The summed E-state index contributed by atoms with van der Waals surface area (Å²) in [5.41, 5.74) is 11.7. The van der Waals surface area contributed by atoms with Crippen LogP contribution in [-0.4, -0.2) is 14.4 Å². The maximum Gasteiger partial charge on any atom is 0.0516 e. The van der Waals surface area contributed by atoms with E-state index in [9.17, 15) is 0 Å². The van der Waals surface area contributed by atoms with Gasteiger partial charge in [-0.05, 0) is 69.4 Å². The summed E-state index contributed by atoms with van der Waals surface area (Å²) in [5, 5.41) is 5.23. The first-order valence-electron chi connectivity index (χ1n) is 15.7. The Kier molecular flexibility index (Phi) is 8.54. The zero-order chi connectivity index (χ0) is 31.3. The van der Waals surface area contributed by atoms with Gasteiger partial charge in [0.15, 0.2) is 0 Å². The maximum atomic E-state index is 4.75. The van der Waals surface area contributed by atoms with Crippen LogP contribution in [0, 0.1) is 19.1 Å². The van der Waals surface area contributed by atoms with Crippen molar-refractivity contribution in [3.63, 3.8) is 0 Å². The van der Waals surface area contributed by atoms with E-state index in [0.29, 0.717) is 5.92 Å². The van der Waals surface area contributed by atoms with Crippen LogP contribution in [0.5, 0.6) is 0 Å². The van der Waals surface area contributed by atoms with Gasteiger partial charge >= 0.3 is 0 Å². The van der Waals surface area contributed by atoms with Gasteiger partial charge in [0.2, 0.25) is 0 Å². The molecule has 4 aromatic heterocycles.